The van der Waals surface area contributed by atoms with Crippen LogP contribution in [0.4, 0.5) is 0 Å². The van der Waals surface area contributed by atoms with Gasteiger partial charge in [-0.2, -0.15) is 0 Å². The summed E-state index contributed by atoms with van der Waals surface area (Å²) in [6.45, 7) is 0.287. The third kappa shape index (κ3) is 3.18. The van der Waals surface area contributed by atoms with Crippen molar-refractivity contribution in [2.75, 3.05) is 0 Å². The molecule has 4 rings (SSSR count). The van der Waals surface area contributed by atoms with Gasteiger partial charge in [0.15, 0.2) is 4.83 Å². The number of hydrogen-bond donors (Lipinski definition) is 0. The predicted molar refractivity (Wildman–Crippen MR) is 103 cm³/mol. The van der Waals surface area contributed by atoms with Crippen LogP contribution in [0.3, 0.4) is 0 Å². The van der Waals surface area contributed by atoms with Gasteiger partial charge in [0.05, 0.1) is 22.0 Å². The Morgan fingerprint density at radius 2 is 1.80 bits per heavy atom. The average Bonchev–Trinajstić information content (AvgIpc) is 3.06. The van der Waals surface area contributed by atoms with Crippen molar-refractivity contribution in [1.29, 1.82) is 0 Å². The summed E-state index contributed by atoms with van der Waals surface area (Å²) < 4.78 is 1.34. The maximum absolute atomic E-state index is 12.7. The van der Waals surface area contributed by atoms with Crippen LogP contribution in [-0.2, 0) is 6.54 Å². The smallest absolute Gasteiger partial charge is 0.267 e. The third-order valence-corrected chi connectivity index (χ3v) is 5.60. The van der Waals surface area contributed by atoms with Gasteiger partial charge < -0.3 is 0 Å². The molecular formula is C18H11Cl2N3OS. The first kappa shape index (κ1) is 16.3. The van der Waals surface area contributed by atoms with E-state index in [1.165, 1.54) is 16.0 Å². The monoisotopic (exact) mass is 387 g/mol. The Labute approximate surface area is 157 Å². The van der Waals surface area contributed by atoms with Crippen LogP contribution in [0.5, 0.6) is 0 Å². The van der Waals surface area contributed by atoms with Crippen LogP contribution in [0.2, 0.25) is 10.0 Å². The Bertz CT molecular complexity index is 1120. The molecule has 0 atom stereocenters. The van der Waals surface area contributed by atoms with Gasteiger partial charge in [0.2, 0.25) is 0 Å². The number of hydrogen-bond acceptors (Lipinski definition) is 4. The van der Waals surface area contributed by atoms with Crippen molar-refractivity contribution in [3.63, 3.8) is 0 Å². The summed E-state index contributed by atoms with van der Waals surface area (Å²) in [4.78, 5) is 14.4. The first-order valence-electron chi connectivity index (χ1n) is 7.48. The quantitative estimate of drug-likeness (QED) is 0.503. The number of fused-ring (bicyclic) bond motifs is 1. The molecule has 7 heteroatoms. The molecule has 4 nitrogen and oxygen atoms in total. The normalized spacial score (nSPS) is 11.1. The van der Waals surface area contributed by atoms with Gasteiger partial charge in [-0.1, -0.05) is 64.8 Å². The molecule has 0 unspecified atom stereocenters. The van der Waals surface area contributed by atoms with E-state index in [1.807, 2.05) is 42.5 Å². The second kappa shape index (κ2) is 6.59. The highest BCUT2D eigenvalue weighted by molar-refractivity contribution is 7.21. The summed E-state index contributed by atoms with van der Waals surface area (Å²) in [6, 6.07) is 17.0. The summed E-state index contributed by atoms with van der Waals surface area (Å²) in [6.07, 6.45) is 0. The van der Waals surface area contributed by atoms with Crippen molar-refractivity contribution in [3.8, 4) is 10.4 Å². The summed E-state index contributed by atoms with van der Waals surface area (Å²) in [5.41, 5.74) is 1.72. The van der Waals surface area contributed by atoms with Gasteiger partial charge in [0.1, 0.15) is 0 Å². The zero-order valence-electron chi connectivity index (χ0n) is 12.8. The van der Waals surface area contributed by atoms with Gasteiger partial charge in [0, 0.05) is 4.88 Å². The van der Waals surface area contributed by atoms with E-state index in [4.69, 9.17) is 23.2 Å². The topological polar surface area (TPSA) is 47.8 Å². The van der Waals surface area contributed by atoms with E-state index >= 15 is 0 Å². The number of thiophene rings is 1. The molecule has 0 radical (unpaired) electrons. The fraction of sp³-hybridized carbons (Fsp3) is 0.0556. The lowest BCUT2D eigenvalue weighted by molar-refractivity contribution is 0.602. The van der Waals surface area contributed by atoms with Gasteiger partial charge in [-0.05, 0) is 29.3 Å². The largest absolute Gasteiger partial charge is 0.278 e. The maximum Gasteiger partial charge on any atom is 0.278 e. The van der Waals surface area contributed by atoms with E-state index in [0.29, 0.717) is 20.3 Å². The minimum atomic E-state index is -0.172. The zero-order chi connectivity index (χ0) is 17.4. The summed E-state index contributed by atoms with van der Waals surface area (Å²) >= 11 is 13.4. The van der Waals surface area contributed by atoms with Crippen molar-refractivity contribution in [3.05, 3.63) is 80.6 Å². The zero-order valence-corrected chi connectivity index (χ0v) is 15.1. The molecule has 2 heterocycles. The molecule has 0 bridgehead atoms. The number of nitrogens with zero attached hydrogens (tertiary/aromatic N) is 3. The second-order valence-corrected chi connectivity index (χ2v) is 7.34. The number of halogens is 2. The van der Waals surface area contributed by atoms with Gasteiger partial charge in [-0.15, -0.1) is 16.4 Å². The van der Waals surface area contributed by atoms with E-state index in [1.54, 1.807) is 12.1 Å². The summed E-state index contributed by atoms with van der Waals surface area (Å²) in [5, 5.41) is 9.74. The van der Waals surface area contributed by atoms with Gasteiger partial charge in [-0.3, -0.25) is 4.79 Å². The Balaban J connectivity index is 1.75. The summed E-state index contributed by atoms with van der Waals surface area (Å²) in [7, 11) is 0. The van der Waals surface area contributed by atoms with Crippen LogP contribution in [0, 0.1) is 0 Å². The van der Waals surface area contributed by atoms with Crippen molar-refractivity contribution >= 4 is 44.8 Å². The van der Waals surface area contributed by atoms with Crippen LogP contribution < -0.4 is 5.56 Å². The first-order valence-corrected chi connectivity index (χ1v) is 9.06. The number of rotatable bonds is 3. The molecule has 4 aromatic rings. The third-order valence-electron chi connectivity index (χ3n) is 3.80. The van der Waals surface area contributed by atoms with Crippen molar-refractivity contribution < 1.29 is 0 Å². The fourth-order valence-corrected chi connectivity index (χ4v) is 3.84. The van der Waals surface area contributed by atoms with Crippen molar-refractivity contribution in [2.45, 2.75) is 6.54 Å². The molecule has 124 valence electrons. The second-order valence-electron chi connectivity index (χ2n) is 5.50. The van der Waals surface area contributed by atoms with Crippen LogP contribution >= 0.6 is 34.5 Å². The molecule has 0 saturated heterocycles. The highest BCUT2D eigenvalue weighted by Crippen LogP contribution is 2.30. The fourth-order valence-electron chi connectivity index (χ4n) is 2.54. The number of benzene rings is 2. The van der Waals surface area contributed by atoms with E-state index in [0.717, 1.165) is 16.0 Å². The van der Waals surface area contributed by atoms with Gasteiger partial charge in [0.25, 0.3) is 5.56 Å². The van der Waals surface area contributed by atoms with Gasteiger partial charge >= 0.3 is 0 Å². The van der Waals surface area contributed by atoms with E-state index in [-0.39, 0.29) is 12.1 Å². The Morgan fingerprint density at radius 1 is 1.00 bits per heavy atom. The Hall–Kier alpha value is -2.21. The van der Waals surface area contributed by atoms with Crippen LogP contribution in [0.1, 0.15) is 5.56 Å². The molecule has 0 N–H and O–H groups in total. The molecule has 0 aliphatic carbocycles. The van der Waals surface area contributed by atoms with Crippen molar-refractivity contribution in [1.82, 2.24) is 15.0 Å². The number of aromatic nitrogens is 3. The summed E-state index contributed by atoms with van der Waals surface area (Å²) in [5.74, 6) is 0. The average molecular weight is 388 g/mol. The molecule has 2 aromatic heterocycles. The minimum absolute atomic E-state index is 0.172. The molecule has 0 amide bonds. The van der Waals surface area contributed by atoms with E-state index in [9.17, 15) is 4.79 Å². The molecule has 2 aromatic carbocycles. The van der Waals surface area contributed by atoms with Crippen LogP contribution in [0.15, 0.2) is 59.4 Å². The SMILES string of the molecule is O=c1c2cc(-c3ccccc3)sc2nnn1Cc1ccc(Cl)c(Cl)c1. The maximum atomic E-state index is 12.7. The molecule has 0 fully saturated rings. The van der Waals surface area contributed by atoms with E-state index < -0.39 is 0 Å². The molecule has 25 heavy (non-hydrogen) atoms. The predicted octanol–water partition coefficient (Wildman–Crippen LogP) is 4.88. The first-order chi connectivity index (χ1) is 12.1. The molecule has 0 aliphatic heterocycles. The molecule has 0 spiro atoms. The standard InChI is InChI=1S/C18H11Cl2N3OS/c19-14-7-6-11(8-15(14)20)10-23-18(24)13-9-16(25-17(13)21-22-23)12-4-2-1-3-5-12/h1-9H,10H2. The minimum Gasteiger partial charge on any atom is -0.267 e. The van der Waals surface area contributed by atoms with Gasteiger partial charge in [-0.25, -0.2) is 4.68 Å². The van der Waals surface area contributed by atoms with Crippen LogP contribution in [-0.4, -0.2) is 15.0 Å². The van der Waals surface area contributed by atoms with Crippen molar-refractivity contribution in [2.24, 2.45) is 0 Å². The Kier molecular flexibility index (Phi) is 4.29. The molecular weight excluding hydrogens is 377 g/mol. The molecule has 0 saturated carbocycles. The highest BCUT2D eigenvalue weighted by Gasteiger charge is 2.12. The lowest BCUT2D eigenvalue weighted by Gasteiger charge is -2.04. The molecule has 0 aliphatic rings. The van der Waals surface area contributed by atoms with E-state index in [2.05, 4.69) is 10.3 Å². The lowest BCUT2D eigenvalue weighted by Crippen LogP contribution is -2.24. The Morgan fingerprint density at radius 3 is 2.56 bits per heavy atom. The lowest BCUT2D eigenvalue weighted by atomic mass is 10.2. The highest BCUT2D eigenvalue weighted by atomic mass is 35.5. The van der Waals surface area contributed by atoms with Crippen LogP contribution in [0.25, 0.3) is 20.7 Å².